The van der Waals surface area contributed by atoms with E-state index in [2.05, 4.69) is 15.4 Å². The Morgan fingerprint density at radius 3 is 2.28 bits per heavy atom. The number of halogens is 2. The van der Waals surface area contributed by atoms with Crippen LogP contribution in [0, 0.1) is 0 Å². The SMILES string of the molecule is CNS(=O)(=O)c1ccc(NC(=O)NC(C)c2ccc(Cl)cc2Cl)cc1. The van der Waals surface area contributed by atoms with Gasteiger partial charge in [0.05, 0.1) is 10.9 Å². The first kappa shape index (κ1) is 19.5. The van der Waals surface area contributed by atoms with Crippen molar-refractivity contribution in [3.63, 3.8) is 0 Å². The van der Waals surface area contributed by atoms with Crippen molar-refractivity contribution >= 4 is 44.9 Å². The number of hydrogen-bond donors (Lipinski definition) is 3. The molecule has 0 radical (unpaired) electrons. The molecule has 2 rings (SSSR count). The fourth-order valence-corrected chi connectivity index (χ4v) is 3.43. The van der Waals surface area contributed by atoms with E-state index in [0.717, 1.165) is 5.56 Å². The molecule has 25 heavy (non-hydrogen) atoms. The van der Waals surface area contributed by atoms with Gasteiger partial charge in [-0.25, -0.2) is 17.9 Å². The smallest absolute Gasteiger partial charge is 0.319 e. The molecule has 2 aromatic rings. The average Bonchev–Trinajstić information content (AvgIpc) is 2.55. The lowest BCUT2D eigenvalue weighted by atomic mass is 10.1. The molecule has 0 saturated heterocycles. The topological polar surface area (TPSA) is 87.3 Å². The minimum absolute atomic E-state index is 0.113. The largest absolute Gasteiger partial charge is 0.331 e. The van der Waals surface area contributed by atoms with E-state index in [-0.39, 0.29) is 10.9 Å². The van der Waals surface area contributed by atoms with Gasteiger partial charge in [-0.1, -0.05) is 29.3 Å². The van der Waals surface area contributed by atoms with Gasteiger partial charge in [0.2, 0.25) is 10.0 Å². The number of urea groups is 1. The third-order valence-electron chi connectivity index (χ3n) is 3.47. The summed E-state index contributed by atoms with van der Waals surface area (Å²) in [5.74, 6) is 0. The highest BCUT2D eigenvalue weighted by Crippen LogP contribution is 2.26. The van der Waals surface area contributed by atoms with E-state index in [1.54, 1.807) is 25.1 Å². The Morgan fingerprint density at radius 2 is 1.72 bits per heavy atom. The molecule has 0 heterocycles. The summed E-state index contributed by atoms with van der Waals surface area (Å²) < 4.78 is 25.5. The summed E-state index contributed by atoms with van der Waals surface area (Å²) in [5.41, 5.74) is 1.19. The molecule has 1 unspecified atom stereocenters. The quantitative estimate of drug-likeness (QED) is 0.711. The first-order chi connectivity index (χ1) is 11.7. The summed E-state index contributed by atoms with van der Waals surface area (Å²) >= 11 is 12.0. The van der Waals surface area contributed by atoms with E-state index < -0.39 is 16.1 Å². The highest BCUT2D eigenvalue weighted by molar-refractivity contribution is 7.89. The number of carbonyl (C=O) groups excluding carboxylic acids is 1. The Morgan fingerprint density at radius 1 is 1.08 bits per heavy atom. The van der Waals surface area contributed by atoms with Crippen LogP contribution in [0.15, 0.2) is 47.4 Å². The molecule has 6 nitrogen and oxygen atoms in total. The lowest BCUT2D eigenvalue weighted by Crippen LogP contribution is -2.31. The number of amides is 2. The maximum atomic E-state index is 12.1. The molecule has 9 heteroatoms. The van der Waals surface area contributed by atoms with Crippen molar-refractivity contribution in [1.29, 1.82) is 0 Å². The number of anilines is 1. The molecule has 0 aliphatic heterocycles. The Bertz CT molecular complexity index is 871. The number of benzene rings is 2. The summed E-state index contributed by atoms with van der Waals surface area (Å²) in [6.45, 7) is 1.79. The van der Waals surface area contributed by atoms with Crippen molar-refractivity contribution < 1.29 is 13.2 Å². The predicted octanol–water partition coefficient (Wildman–Crippen LogP) is 3.78. The molecule has 0 fully saturated rings. The number of rotatable bonds is 5. The Hall–Kier alpha value is -1.80. The summed E-state index contributed by atoms with van der Waals surface area (Å²) in [7, 11) is -2.18. The van der Waals surface area contributed by atoms with Crippen molar-refractivity contribution in [2.24, 2.45) is 0 Å². The zero-order valence-electron chi connectivity index (χ0n) is 13.5. The van der Waals surface area contributed by atoms with Gasteiger partial charge < -0.3 is 10.6 Å². The van der Waals surface area contributed by atoms with Crippen LogP contribution in [0.5, 0.6) is 0 Å². The fourth-order valence-electron chi connectivity index (χ4n) is 2.13. The van der Waals surface area contributed by atoms with E-state index >= 15 is 0 Å². The summed E-state index contributed by atoms with van der Waals surface area (Å²) in [6, 6.07) is 10.1. The first-order valence-electron chi connectivity index (χ1n) is 7.29. The van der Waals surface area contributed by atoms with Crippen LogP contribution < -0.4 is 15.4 Å². The van der Waals surface area contributed by atoms with Crippen molar-refractivity contribution in [3.8, 4) is 0 Å². The van der Waals surface area contributed by atoms with Crippen LogP contribution in [0.2, 0.25) is 10.0 Å². The van der Waals surface area contributed by atoms with Gasteiger partial charge in [-0.2, -0.15) is 0 Å². The monoisotopic (exact) mass is 401 g/mol. The van der Waals surface area contributed by atoms with Crippen LogP contribution in [0.25, 0.3) is 0 Å². The highest BCUT2D eigenvalue weighted by atomic mass is 35.5. The van der Waals surface area contributed by atoms with Gasteiger partial charge in [-0.05, 0) is 55.9 Å². The molecule has 0 spiro atoms. The normalized spacial score (nSPS) is 12.5. The third-order valence-corrected chi connectivity index (χ3v) is 5.46. The lowest BCUT2D eigenvalue weighted by molar-refractivity contribution is 0.249. The summed E-state index contributed by atoms with van der Waals surface area (Å²) in [5, 5.41) is 6.36. The van der Waals surface area contributed by atoms with E-state index in [9.17, 15) is 13.2 Å². The molecule has 0 aliphatic rings. The standard InChI is InChI=1S/C16H17Cl2N3O3S/c1-10(14-8-3-11(17)9-15(14)18)20-16(22)21-12-4-6-13(7-5-12)25(23,24)19-2/h3-10,19H,1-2H3,(H2,20,21,22). The van der Waals surface area contributed by atoms with Crippen LogP contribution in [0.3, 0.4) is 0 Å². The second-order valence-corrected chi connectivity index (χ2v) is 7.95. The molecule has 2 amide bonds. The van der Waals surface area contributed by atoms with Gasteiger partial charge in [0.15, 0.2) is 0 Å². The third kappa shape index (κ3) is 5.09. The number of sulfonamides is 1. The van der Waals surface area contributed by atoms with E-state index in [1.165, 1.54) is 31.3 Å². The molecule has 2 aromatic carbocycles. The van der Waals surface area contributed by atoms with Gasteiger partial charge in [0.25, 0.3) is 0 Å². The highest BCUT2D eigenvalue weighted by Gasteiger charge is 2.14. The van der Waals surface area contributed by atoms with Crippen molar-refractivity contribution in [2.75, 3.05) is 12.4 Å². The zero-order valence-corrected chi connectivity index (χ0v) is 15.8. The Balaban J connectivity index is 2.02. The predicted molar refractivity (Wildman–Crippen MR) is 99.7 cm³/mol. The molecular formula is C16H17Cl2N3O3S. The zero-order chi connectivity index (χ0) is 18.6. The van der Waals surface area contributed by atoms with E-state index in [1.807, 2.05) is 0 Å². The Kier molecular flexibility index (Phi) is 6.29. The van der Waals surface area contributed by atoms with Crippen LogP contribution in [0.1, 0.15) is 18.5 Å². The second-order valence-electron chi connectivity index (χ2n) is 5.22. The molecule has 134 valence electrons. The molecule has 0 aromatic heterocycles. The molecular weight excluding hydrogens is 385 g/mol. The Labute approximate surface area is 156 Å². The van der Waals surface area contributed by atoms with Gasteiger partial charge >= 0.3 is 6.03 Å². The van der Waals surface area contributed by atoms with Gasteiger partial charge in [-0.15, -0.1) is 0 Å². The number of nitrogens with one attached hydrogen (secondary N) is 3. The van der Waals surface area contributed by atoms with Gasteiger partial charge in [0, 0.05) is 15.7 Å². The second kappa shape index (κ2) is 8.05. The van der Waals surface area contributed by atoms with E-state index in [0.29, 0.717) is 15.7 Å². The molecule has 3 N–H and O–H groups in total. The lowest BCUT2D eigenvalue weighted by Gasteiger charge is -2.16. The molecule has 0 saturated carbocycles. The van der Waals surface area contributed by atoms with Crippen molar-refractivity contribution in [1.82, 2.24) is 10.0 Å². The van der Waals surface area contributed by atoms with E-state index in [4.69, 9.17) is 23.2 Å². The average molecular weight is 402 g/mol. The van der Waals surface area contributed by atoms with Crippen LogP contribution in [-0.4, -0.2) is 21.5 Å². The van der Waals surface area contributed by atoms with Crippen LogP contribution >= 0.6 is 23.2 Å². The number of hydrogen-bond acceptors (Lipinski definition) is 3. The summed E-state index contributed by atoms with van der Waals surface area (Å²) in [4.78, 5) is 12.2. The molecule has 1 atom stereocenters. The number of carbonyl (C=O) groups is 1. The minimum atomic E-state index is -3.51. The van der Waals surface area contributed by atoms with Gasteiger partial charge in [0.1, 0.15) is 0 Å². The van der Waals surface area contributed by atoms with Crippen molar-refractivity contribution in [3.05, 3.63) is 58.1 Å². The van der Waals surface area contributed by atoms with Crippen LogP contribution in [-0.2, 0) is 10.0 Å². The van der Waals surface area contributed by atoms with Gasteiger partial charge in [-0.3, -0.25) is 0 Å². The fraction of sp³-hybridized carbons (Fsp3) is 0.188. The first-order valence-corrected chi connectivity index (χ1v) is 9.53. The summed E-state index contributed by atoms with van der Waals surface area (Å²) in [6.07, 6.45) is 0. The van der Waals surface area contributed by atoms with Crippen LogP contribution in [0.4, 0.5) is 10.5 Å². The minimum Gasteiger partial charge on any atom is -0.331 e. The maximum absolute atomic E-state index is 12.1. The molecule has 0 aliphatic carbocycles. The maximum Gasteiger partial charge on any atom is 0.319 e. The molecule has 0 bridgehead atoms. The van der Waals surface area contributed by atoms with Crippen molar-refractivity contribution in [2.45, 2.75) is 17.9 Å².